The van der Waals surface area contributed by atoms with Gasteiger partial charge in [-0.2, -0.15) is 0 Å². The summed E-state index contributed by atoms with van der Waals surface area (Å²) in [4.78, 5) is 29.7. The Kier molecular flexibility index (Phi) is 10.7. The Morgan fingerprint density at radius 3 is 2.34 bits per heavy atom. The van der Waals surface area contributed by atoms with Crippen LogP contribution in [0.2, 0.25) is 0 Å². The predicted octanol–water partition coefficient (Wildman–Crippen LogP) is 8.50. The summed E-state index contributed by atoms with van der Waals surface area (Å²) in [5.41, 5.74) is 3.71. The van der Waals surface area contributed by atoms with Crippen LogP contribution in [0.25, 0.3) is 5.57 Å². The first-order valence-electron chi connectivity index (χ1n) is 19.9. The first kappa shape index (κ1) is 37.1. The highest BCUT2D eigenvalue weighted by atomic mass is 16.4. The highest BCUT2D eigenvalue weighted by Crippen LogP contribution is 2.75. The number of aromatic carboxylic acids is 1. The molecule has 7 nitrogen and oxygen atoms in total. The van der Waals surface area contributed by atoms with E-state index in [1.807, 2.05) is 19.1 Å². The molecule has 1 aromatic carbocycles. The number of urea groups is 1. The molecule has 4 saturated carbocycles. The minimum atomic E-state index is -0.867. The van der Waals surface area contributed by atoms with Crippen molar-refractivity contribution in [2.75, 3.05) is 39.3 Å². The van der Waals surface area contributed by atoms with Gasteiger partial charge in [0.05, 0.1) is 12.2 Å². The number of allylic oxidation sites excluding steroid dienone is 3. The van der Waals surface area contributed by atoms with Gasteiger partial charge in [-0.3, -0.25) is 4.90 Å². The monoisotopic (exact) mass is 687 g/mol. The number of β-amino-alcohol motifs (C(OH)–C–C–N with tert-alkyl or cyclic N) is 1. The van der Waals surface area contributed by atoms with Gasteiger partial charge in [0.25, 0.3) is 0 Å². The maximum absolute atomic E-state index is 13.9. The molecule has 7 heteroatoms. The largest absolute Gasteiger partial charge is 0.478 e. The van der Waals surface area contributed by atoms with E-state index < -0.39 is 5.97 Å². The number of benzene rings is 1. The van der Waals surface area contributed by atoms with Crippen molar-refractivity contribution in [1.82, 2.24) is 15.1 Å². The number of hydrogen-bond acceptors (Lipinski definition) is 4. The van der Waals surface area contributed by atoms with Crippen LogP contribution in [0, 0.1) is 45.8 Å². The van der Waals surface area contributed by atoms with E-state index >= 15 is 0 Å². The van der Waals surface area contributed by atoms with Crippen LogP contribution in [-0.2, 0) is 0 Å². The van der Waals surface area contributed by atoms with Crippen LogP contribution < -0.4 is 5.32 Å². The first-order valence-corrected chi connectivity index (χ1v) is 19.9. The zero-order valence-electron chi connectivity index (χ0n) is 31.7. The smallest absolute Gasteiger partial charge is 0.335 e. The van der Waals surface area contributed by atoms with Crippen LogP contribution in [0.5, 0.6) is 0 Å². The Labute approximate surface area is 302 Å². The van der Waals surface area contributed by atoms with Gasteiger partial charge < -0.3 is 20.4 Å². The number of hydrogen-bond donors (Lipinski definition) is 3. The van der Waals surface area contributed by atoms with Crippen LogP contribution in [0.3, 0.4) is 0 Å². The van der Waals surface area contributed by atoms with Crippen molar-refractivity contribution in [2.45, 2.75) is 111 Å². The summed E-state index contributed by atoms with van der Waals surface area (Å²) in [6.07, 6.45) is 17.4. The fourth-order valence-corrected chi connectivity index (χ4v) is 13.0. The average Bonchev–Trinajstić information content (AvgIpc) is 3.35. The Morgan fingerprint density at radius 1 is 0.900 bits per heavy atom. The van der Waals surface area contributed by atoms with Gasteiger partial charge in [-0.1, -0.05) is 58.4 Å². The molecule has 7 rings (SSSR count). The number of fused-ring (bicyclic) bond motifs is 7. The lowest BCUT2D eigenvalue weighted by atomic mass is 9.34. The third-order valence-electron chi connectivity index (χ3n) is 15.7. The van der Waals surface area contributed by atoms with Gasteiger partial charge in [-0.05, 0) is 147 Å². The Hall–Kier alpha value is -2.64. The Morgan fingerprint density at radius 2 is 1.64 bits per heavy atom. The number of nitrogens with zero attached hydrogens (tertiary/aromatic N) is 2. The summed E-state index contributed by atoms with van der Waals surface area (Å²) >= 11 is 0. The predicted molar refractivity (Wildman–Crippen MR) is 202 cm³/mol. The van der Waals surface area contributed by atoms with Crippen LogP contribution in [-0.4, -0.2) is 76.9 Å². The lowest BCUT2D eigenvalue weighted by Gasteiger charge is -2.71. The van der Waals surface area contributed by atoms with Gasteiger partial charge in [0.15, 0.2) is 0 Å². The van der Waals surface area contributed by atoms with E-state index in [2.05, 4.69) is 55.5 Å². The van der Waals surface area contributed by atoms with Crippen molar-refractivity contribution in [2.24, 2.45) is 45.8 Å². The van der Waals surface area contributed by atoms with Gasteiger partial charge in [0.1, 0.15) is 0 Å². The molecule has 0 spiro atoms. The van der Waals surface area contributed by atoms with Gasteiger partial charge >= 0.3 is 12.0 Å². The second-order valence-electron chi connectivity index (χ2n) is 17.7. The van der Waals surface area contributed by atoms with E-state index in [4.69, 9.17) is 0 Å². The second kappa shape index (κ2) is 14.4. The lowest BCUT2D eigenvalue weighted by molar-refractivity contribution is -0.210. The summed E-state index contributed by atoms with van der Waals surface area (Å²) in [5, 5.41) is 22.6. The number of aliphatic hydroxyl groups excluding tert-OH is 1. The van der Waals surface area contributed by atoms with Crippen molar-refractivity contribution in [3.8, 4) is 0 Å². The minimum absolute atomic E-state index is 0.0597. The second-order valence-corrected chi connectivity index (χ2v) is 17.7. The van der Waals surface area contributed by atoms with E-state index in [0.717, 1.165) is 51.9 Å². The van der Waals surface area contributed by atoms with Crippen LogP contribution in [0.15, 0.2) is 43.0 Å². The highest BCUT2D eigenvalue weighted by Gasteiger charge is 2.68. The van der Waals surface area contributed by atoms with E-state index in [1.54, 1.807) is 18.2 Å². The van der Waals surface area contributed by atoms with Crippen LogP contribution in [0.4, 0.5) is 4.79 Å². The molecule has 1 aromatic rings. The van der Waals surface area contributed by atoms with Crippen LogP contribution >= 0.6 is 0 Å². The van der Waals surface area contributed by atoms with Gasteiger partial charge in [-0.25, -0.2) is 9.59 Å². The number of rotatable bonds is 5. The normalized spacial score (nSPS) is 39.6. The SMILES string of the molecule is C=CC.CC1C(c2ccc(C(=O)O)cc2)=CCC2(C)C1CCC1(C)C2CCC2C3CCCC3(NC(=O)N3CCCN(CCO)CC3)CC[C@]21C. The van der Waals surface area contributed by atoms with Gasteiger partial charge in [0, 0.05) is 31.7 Å². The fraction of sp³-hybridized carbons (Fsp3) is 0.721. The fourth-order valence-electron chi connectivity index (χ4n) is 13.0. The standard InChI is InChI=1S/C40H59N3O4.C3H6/c1-27-30(28-8-10-29(11-9-28)35(45)46)14-17-37(2)31(27)15-18-39(4)34(37)13-12-32-33-7-5-16-40(33,20-19-38(32,39)3)41-36(47)43-22-6-21-42(23-24-43)25-26-44;1-3-2/h8-11,14,27,31-34,44H,5-7,12-13,15-26H2,1-4H3,(H,41,47)(H,45,46);3H,1H2,2H3/t27?,31?,32?,33?,34?,37?,38-,39?,40?;/m1./s1. The number of carboxylic acids is 1. The van der Waals surface area contributed by atoms with E-state index in [1.165, 1.54) is 56.1 Å². The molecule has 0 radical (unpaired) electrons. The zero-order valence-corrected chi connectivity index (χ0v) is 31.7. The molecular weight excluding hydrogens is 622 g/mol. The topological polar surface area (TPSA) is 93.1 Å². The van der Waals surface area contributed by atoms with Crippen molar-refractivity contribution in [3.05, 3.63) is 54.1 Å². The molecule has 276 valence electrons. The molecule has 3 N–H and O–H groups in total. The van der Waals surface area contributed by atoms with Gasteiger partial charge in [-0.15, -0.1) is 6.58 Å². The summed E-state index contributed by atoms with van der Waals surface area (Å²) in [7, 11) is 0. The number of amides is 2. The molecule has 1 saturated heterocycles. The molecule has 0 aromatic heterocycles. The lowest BCUT2D eigenvalue weighted by Crippen LogP contribution is -2.67. The van der Waals surface area contributed by atoms with Crippen molar-refractivity contribution in [1.29, 1.82) is 0 Å². The maximum atomic E-state index is 13.9. The maximum Gasteiger partial charge on any atom is 0.335 e. The molecule has 1 heterocycles. The summed E-state index contributed by atoms with van der Waals surface area (Å²) < 4.78 is 0. The van der Waals surface area contributed by atoms with Crippen molar-refractivity contribution < 1.29 is 19.8 Å². The number of carbonyl (C=O) groups is 2. The Bertz CT molecular complexity index is 1440. The molecule has 9 atom stereocenters. The summed E-state index contributed by atoms with van der Waals surface area (Å²) in [6, 6.07) is 7.70. The summed E-state index contributed by atoms with van der Waals surface area (Å²) in [6.45, 7) is 19.9. The van der Waals surface area contributed by atoms with E-state index in [9.17, 15) is 19.8 Å². The first-order chi connectivity index (χ1) is 23.9. The van der Waals surface area contributed by atoms with E-state index in [0.29, 0.717) is 41.7 Å². The highest BCUT2D eigenvalue weighted by molar-refractivity contribution is 5.88. The molecule has 1 aliphatic heterocycles. The molecule has 8 unspecified atom stereocenters. The molecule has 0 bridgehead atoms. The zero-order chi connectivity index (χ0) is 35.9. The molecule has 50 heavy (non-hydrogen) atoms. The number of aliphatic hydroxyl groups is 1. The number of carboxylic acid groups (broad SMARTS) is 1. The minimum Gasteiger partial charge on any atom is -0.478 e. The third-order valence-corrected chi connectivity index (χ3v) is 15.7. The molecule has 6 aliphatic rings. The number of nitrogens with one attached hydrogen (secondary N) is 1. The molecule has 5 aliphatic carbocycles. The third kappa shape index (κ3) is 6.16. The average molecular weight is 688 g/mol. The molecular formula is C43H65N3O4. The van der Waals surface area contributed by atoms with Gasteiger partial charge in [0.2, 0.25) is 0 Å². The van der Waals surface area contributed by atoms with E-state index in [-0.39, 0.29) is 34.4 Å². The number of carbonyl (C=O) groups excluding carboxylic acids is 1. The quantitative estimate of drug-likeness (QED) is 0.270. The van der Waals surface area contributed by atoms with Crippen LogP contribution in [0.1, 0.15) is 121 Å². The van der Waals surface area contributed by atoms with Crippen molar-refractivity contribution in [3.63, 3.8) is 0 Å². The Balaban J connectivity index is 0.00000139. The molecule has 5 fully saturated rings. The molecule has 2 amide bonds. The summed E-state index contributed by atoms with van der Waals surface area (Å²) in [5.74, 6) is 2.14. The van der Waals surface area contributed by atoms with Crippen molar-refractivity contribution >= 4 is 17.6 Å².